The van der Waals surface area contributed by atoms with Crippen molar-refractivity contribution in [3.8, 4) is 0 Å². The lowest BCUT2D eigenvalue weighted by Crippen LogP contribution is -2.24. The molecule has 0 aliphatic rings. The average molecular weight is 334 g/mol. The van der Waals surface area contributed by atoms with Crippen LogP contribution < -0.4 is 5.32 Å². The molecule has 112 valence electrons. The molecule has 1 N–H and O–H groups in total. The van der Waals surface area contributed by atoms with Crippen LogP contribution in [-0.2, 0) is 0 Å². The molecule has 0 spiro atoms. The van der Waals surface area contributed by atoms with Gasteiger partial charge in [-0.1, -0.05) is 36.2 Å². The van der Waals surface area contributed by atoms with Crippen LogP contribution >= 0.6 is 23.2 Å². The maximum atomic E-state index is 14.0. The summed E-state index contributed by atoms with van der Waals surface area (Å²) >= 11 is 12.0. The summed E-state index contributed by atoms with van der Waals surface area (Å²) in [7, 11) is 0. The molecule has 2 aromatic rings. The first-order valence-corrected chi connectivity index (χ1v) is 7.03. The fraction of sp³-hybridized carbons (Fsp3) is 0.200. The highest BCUT2D eigenvalue weighted by Gasteiger charge is 2.23. The van der Waals surface area contributed by atoms with Crippen LogP contribution in [0.3, 0.4) is 0 Å². The van der Waals surface area contributed by atoms with Crippen molar-refractivity contribution in [2.24, 2.45) is 0 Å². The van der Waals surface area contributed by atoms with Gasteiger partial charge in [0.2, 0.25) is 0 Å². The van der Waals surface area contributed by atoms with E-state index in [2.05, 4.69) is 5.32 Å². The molecule has 1 atom stereocenters. The van der Waals surface area contributed by atoms with Crippen LogP contribution in [0.2, 0.25) is 10.0 Å². The van der Waals surface area contributed by atoms with Gasteiger partial charge < -0.3 is 5.32 Å². The third-order valence-electron chi connectivity index (χ3n) is 3.05. The fourth-order valence-electron chi connectivity index (χ4n) is 2.09. The Bertz CT molecular complexity index is 662. The molecule has 0 bridgehead atoms. The van der Waals surface area contributed by atoms with Gasteiger partial charge in [-0.05, 0) is 36.4 Å². The smallest absolute Gasteiger partial charge is 0.194 e. The molecule has 1 nitrogen and oxygen atoms in total. The van der Waals surface area contributed by atoms with E-state index in [0.717, 1.165) is 6.07 Å². The van der Waals surface area contributed by atoms with Gasteiger partial charge in [-0.15, -0.1) is 0 Å². The van der Waals surface area contributed by atoms with Crippen molar-refractivity contribution in [3.05, 3.63) is 69.0 Å². The first-order chi connectivity index (χ1) is 9.95. The molecule has 0 saturated carbocycles. The van der Waals surface area contributed by atoms with Gasteiger partial charge in [0, 0.05) is 15.6 Å². The zero-order valence-electron chi connectivity index (χ0n) is 11.1. The largest absolute Gasteiger partial charge is 0.306 e. The first kappa shape index (κ1) is 16.1. The van der Waals surface area contributed by atoms with Crippen molar-refractivity contribution >= 4 is 23.2 Å². The van der Waals surface area contributed by atoms with Crippen molar-refractivity contribution in [1.29, 1.82) is 0 Å². The van der Waals surface area contributed by atoms with Gasteiger partial charge in [-0.25, -0.2) is 13.2 Å². The van der Waals surface area contributed by atoms with E-state index in [9.17, 15) is 13.2 Å². The number of rotatable bonds is 4. The molecule has 0 aliphatic heterocycles. The first-order valence-electron chi connectivity index (χ1n) is 6.27. The molecular weight excluding hydrogens is 322 g/mol. The SMILES string of the molecule is CCNC(c1cc(Cl)ccc1Cl)c1ccc(F)c(F)c1F. The molecule has 0 heterocycles. The van der Waals surface area contributed by atoms with Crippen molar-refractivity contribution in [2.45, 2.75) is 13.0 Å². The van der Waals surface area contributed by atoms with Crippen LogP contribution in [0, 0.1) is 17.5 Å². The van der Waals surface area contributed by atoms with Gasteiger partial charge >= 0.3 is 0 Å². The normalized spacial score (nSPS) is 12.5. The fourth-order valence-corrected chi connectivity index (χ4v) is 2.50. The summed E-state index contributed by atoms with van der Waals surface area (Å²) < 4.78 is 40.5. The van der Waals surface area contributed by atoms with E-state index in [0.29, 0.717) is 22.2 Å². The molecule has 0 radical (unpaired) electrons. The number of hydrogen-bond acceptors (Lipinski definition) is 1. The number of benzene rings is 2. The van der Waals surface area contributed by atoms with Gasteiger partial charge in [0.15, 0.2) is 17.5 Å². The second-order valence-corrected chi connectivity index (χ2v) is 5.26. The summed E-state index contributed by atoms with van der Waals surface area (Å²) in [5.41, 5.74) is 0.468. The Hall–Kier alpha value is -1.23. The number of hydrogen-bond donors (Lipinski definition) is 1. The van der Waals surface area contributed by atoms with Crippen LogP contribution in [0.4, 0.5) is 13.2 Å². The summed E-state index contributed by atoms with van der Waals surface area (Å²) in [4.78, 5) is 0. The number of halogens is 5. The Morgan fingerprint density at radius 2 is 1.71 bits per heavy atom. The molecule has 6 heteroatoms. The van der Waals surface area contributed by atoms with E-state index in [1.165, 1.54) is 6.07 Å². The zero-order chi connectivity index (χ0) is 15.6. The highest BCUT2D eigenvalue weighted by atomic mass is 35.5. The quantitative estimate of drug-likeness (QED) is 0.766. The topological polar surface area (TPSA) is 12.0 Å². The summed E-state index contributed by atoms with van der Waals surface area (Å²) in [5.74, 6) is -3.98. The minimum atomic E-state index is -1.51. The van der Waals surface area contributed by atoms with Gasteiger partial charge in [-0.3, -0.25) is 0 Å². The molecule has 2 rings (SSSR count). The standard InChI is InChI=1S/C15H12Cl2F3N/c1-2-21-15(10-7-8(16)3-5-11(10)17)9-4-6-12(18)14(20)13(9)19/h3-7,15,21H,2H2,1H3. The van der Waals surface area contributed by atoms with Crippen molar-refractivity contribution in [2.75, 3.05) is 6.54 Å². The predicted molar refractivity (Wildman–Crippen MR) is 78.3 cm³/mol. The summed E-state index contributed by atoms with van der Waals surface area (Å²) in [6, 6.07) is 6.09. The molecule has 0 fully saturated rings. The lowest BCUT2D eigenvalue weighted by Gasteiger charge is -2.21. The van der Waals surface area contributed by atoms with E-state index in [4.69, 9.17) is 23.2 Å². The maximum absolute atomic E-state index is 14.0. The van der Waals surface area contributed by atoms with Crippen LogP contribution in [0.5, 0.6) is 0 Å². The van der Waals surface area contributed by atoms with Gasteiger partial charge in [0.25, 0.3) is 0 Å². The lowest BCUT2D eigenvalue weighted by molar-refractivity contribution is 0.433. The van der Waals surface area contributed by atoms with E-state index < -0.39 is 23.5 Å². The third kappa shape index (κ3) is 3.34. The van der Waals surface area contributed by atoms with Crippen LogP contribution in [0.15, 0.2) is 30.3 Å². The predicted octanol–water partition coefficient (Wildman–Crippen LogP) is 5.11. The van der Waals surface area contributed by atoms with Gasteiger partial charge in [-0.2, -0.15) is 0 Å². The Labute approximate surface area is 130 Å². The Balaban J connectivity index is 2.59. The Kier molecular flexibility index (Phi) is 5.14. The molecule has 2 aromatic carbocycles. The van der Waals surface area contributed by atoms with Gasteiger partial charge in [0.1, 0.15) is 0 Å². The highest BCUT2D eigenvalue weighted by Crippen LogP contribution is 2.32. The molecule has 0 aliphatic carbocycles. The van der Waals surface area contributed by atoms with E-state index in [1.807, 2.05) is 6.92 Å². The molecule has 21 heavy (non-hydrogen) atoms. The minimum Gasteiger partial charge on any atom is -0.306 e. The summed E-state index contributed by atoms with van der Waals surface area (Å²) in [6.07, 6.45) is 0. The highest BCUT2D eigenvalue weighted by molar-refractivity contribution is 6.33. The monoisotopic (exact) mass is 333 g/mol. The molecule has 0 amide bonds. The van der Waals surface area contributed by atoms with Crippen LogP contribution in [-0.4, -0.2) is 6.54 Å². The van der Waals surface area contributed by atoms with Crippen LogP contribution in [0.1, 0.15) is 24.1 Å². The lowest BCUT2D eigenvalue weighted by atomic mass is 9.97. The zero-order valence-corrected chi connectivity index (χ0v) is 12.6. The Morgan fingerprint density at radius 3 is 2.38 bits per heavy atom. The summed E-state index contributed by atoms with van der Waals surface area (Å²) in [6.45, 7) is 2.29. The summed E-state index contributed by atoms with van der Waals surface area (Å²) in [5, 5.41) is 3.77. The minimum absolute atomic E-state index is 0.0279. The van der Waals surface area contributed by atoms with Gasteiger partial charge in [0.05, 0.1) is 6.04 Å². The molecular formula is C15H12Cl2F3N. The third-order valence-corrected chi connectivity index (χ3v) is 3.63. The molecule has 0 aromatic heterocycles. The van der Waals surface area contributed by atoms with Crippen molar-refractivity contribution in [3.63, 3.8) is 0 Å². The average Bonchev–Trinajstić information content (AvgIpc) is 2.46. The van der Waals surface area contributed by atoms with Crippen molar-refractivity contribution in [1.82, 2.24) is 5.32 Å². The second kappa shape index (κ2) is 6.69. The molecule has 0 saturated heterocycles. The molecule has 1 unspecified atom stereocenters. The number of nitrogens with one attached hydrogen (secondary N) is 1. The van der Waals surface area contributed by atoms with Crippen molar-refractivity contribution < 1.29 is 13.2 Å². The maximum Gasteiger partial charge on any atom is 0.194 e. The Morgan fingerprint density at radius 1 is 1.00 bits per heavy atom. The second-order valence-electron chi connectivity index (χ2n) is 4.42. The van der Waals surface area contributed by atoms with Crippen LogP contribution in [0.25, 0.3) is 0 Å². The van der Waals surface area contributed by atoms with E-state index >= 15 is 0 Å². The van der Waals surface area contributed by atoms with E-state index in [-0.39, 0.29) is 5.56 Å². The van der Waals surface area contributed by atoms with E-state index in [1.54, 1.807) is 18.2 Å².